The first kappa shape index (κ1) is 24.3. The van der Waals surface area contributed by atoms with Crippen LogP contribution in [0.4, 0.5) is 31.5 Å². The van der Waals surface area contributed by atoms with E-state index in [1.165, 1.54) is 12.1 Å². The van der Waals surface area contributed by atoms with Gasteiger partial charge in [-0.1, -0.05) is 12.1 Å². The molecule has 33 heavy (non-hydrogen) atoms. The standard InChI is InChI=1S/C20H19F5N2O6/c1-19(2,3)32-18(29)27-13(15(30-17(27)28)10-4-6-11(21)7-5-10)8-12-9-14(26-33-12)31-20(24,25)16(22)23/h4-7,9,13,15-16H,8H2,1-3H3. The maximum absolute atomic E-state index is 13.3. The van der Waals surface area contributed by atoms with Crippen LogP contribution in [0.25, 0.3) is 0 Å². The van der Waals surface area contributed by atoms with Crippen molar-refractivity contribution in [1.82, 2.24) is 10.1 Å². The van der Waals surface area contributed by atoms with Crippen molar-refractivity contribution in [2.24, 2.45) is 0 Å². The molecule has 0 spiro atoms. The highest BCUT2D eigenvalue weighted by Gasteiger charge is 2.49. The third kappa shape index (κ3) is 5.71. The number of alkyl halides is 4. The summed E-state index contributed by atoms with van der Waals surface area (Å²) in [4.78, 5) is 25.8. The molecule has 2 heterocycles. The molecule has 13 heteroatoms. The lowest BCUT2D eigenvalue weighted by Gasteiger charge is -2.26. The van der Waals surface area contributed by atoms with Crippen molar-refractivity contribution in [3.8, 4) is 5.88 Å². The van der Waals surface area contributed by atoms with E-state index < -0.39 is 54.2 Å². The van der Waals surface area contributed by atoms with E-state index in [4.69, 9.17) is 14.0 Å². The predicted molar refractivity (Wildman–Crippen MR) is 99.3 cm³/mol. The van der Waals surface area contributed by atoms with Crippen LogP contribution in [0.5, 0.6) is 5.88 Å². The monoisotopic (exact) mass is 478 g/mol. The number of imide groups is 1. The van der Waals surface area contributed by atoms with Gasteiger partial charge in [0.2, 0.25) is 0 Å². The van der Waals surface area contributed by atoms with Gasteiger partial charge in [-0.15, -0.1) is 0 Å². The molecule has 8 nitrogen and oxygen atoms in total. The van der Waals surface area contributed by atoms with Crippen molar-refractivity contribution in [1.29, 1.82) is 0 Å². The van der Waals surface area contributed by atoms with Gasteiger partial charge < -0.3 is 18.7 Å². The van der Waals surface area contributed by atoms with Gasteiger partial charge in [0.15, 0.2) is 6.10 Å². The molecule has 1 aromatic carbocycles. The van der Waals surface area contributed by atoms with Crippen LogP contribution in [-0.4, -0.2) is 46.4 Å². The predicted octanol–water partition coefficient (Wildman–Crippen LogP) is 5.09. The molecule has 1 fully saturated rings. The fourth-order valence-electron chi connectivity index (χ4n) is 3.01. The Labute approximate surface area is 184 Å². The lowest BCUT2D eigenvalue weighted by Crippen LogP contribution is -2.43. The van der Waals surface area contributed by atoms with Gasteiger partial charge in [-0.3, -0.25) is 0 Å². The lowest BCUT2D eigenvalue weighted by molar-refractivity contribution is -0.255. The number of nitrogens with zero attached hydrogens (tertiary/aromatic N) is 2. The van der Waals surface area contributed by atoms with Gasteiger partial charge in [-0.2, -0.15) is 17.6 Å². The van der Waals surface area contributed by atoms with E-state index in [1.54, 1.807) is 20.8 Å². The van der Waals surface area contributed by atoms with Gasteiger partial charge in [-0.25, -0.2) is 18.9 Å². The maximum atomic E-state index is 13.3. The first-order valence-corrected chi connectivity index (χ1v) is 9.55. The van der Waals surface area contributed by atoms with Gasteiger partial charge in [-0.05, 0) is 43.6 Å². The zero-order valence-electron chi connectivity index (χ0n) is 17.6. The summed E-state index contributed by atoms with van der Waals surface area (Å²) in [6.45, 7) is 4.71. The number of benzene rings is 1. The molecule has 2 aromatic rings. The summed E-state index contributed by atoms with van der Waals surface area (Å²) in [5.41, 5.74) is -0.648. The number of ether oxygens (including phenoxy) is 3. The smallest absolute Gasteiger partial charge is 0.443 e. The second kappa shape index (κ2) is 8.87. The molecular formula is C20H19F5N2O6. The zero-order valence-corrected chi connectivity index (χ0v) is 17.6. The molecule has 1 aliphatic rings. The Kier molecular flexibility index (Phi) is 6.52. The molecule has 0 saturated carbocycles. The van der Waals surface area contributed by atoms with Gasteiger partial charge in [0.05, 0.1) is 6.04 Å². The minimum absolute atomic E-state index is 0.181. The Hall–Kier alpha value is -3.38. The fourth-order valence-corrected chi connectivity index (χ4v) is 3.01. The van der Waals surface area contributed by atoms with E-state index in [2.05, 4.69) is 9.89 Å². The van der Waals surface area contributed by atoms with Crippen LogP contribution in [0.2, 0.25) is 0 Å². The SMILES string of the molecule is CC(C)(C)OC(=O)N1C(=O)OC(c2ccc(F)cc2)C1Cc1cc(OC(F)(F)C(F)F)no1. The first-order valence-electron chi connectivity index (χ1n) is 9.55. The summed E-state index contributed by atoms with van der Waals surface area (Å²) in [5.74, 6) is -1.66. The Bertz CT molecular complexity index is 1010. The van der Waals surface area contributed by atoms with Gasteiger partial charge >= 0.3 is 24.7 Å². The van der Waals surface area contributed by atoms with Crippen molar-refractivity contribution in [2.75, 3.05) is 0 Å². The molecule has 1 aromatic heterocycles. The van der Waals surface area contributed by atoms with Crippen LogP contribution in [-0.2, 0) is 15.9 Å². The molecule has 2 atom stereocenters. The molecule has 0 aliphatic carbocycles. The third-order valence-electron chi connectivity index (χ3n) is 4.34. The molecule has 2 unspecified atom stereocenters. The molecule has 0 radical (unpaired) electrons. The average Bonchev–Trinajstić information content (AvgIpc) is 3.24. The number of carbonyl (C=O) groups is 2. The van der Waals surface area contributed by atoms with Crippen LogP contribution in [0.3, 0.4) is 0 Å². The van der Waals surface area contributed by atoms with Gasteiger partial charge in [0.25, 0.3) is 5.88 Å². The first-order chi connectivity index (χ1) is 15.3. The number of carbonyl (C=O) groups excluding carboxylic acids is 2. The maximum Gasteiger partial charge on any atom is 0.462 e. The van der Waals surface area contributed by atoms with Crippen LogP contribution < -0.4 is 4.74 Å². The topological polar surface area (TPSA) is 91.1 Å². The molecule has 0 bridgehead atoms. The van der Waals surface area contributed by atoms with Crippen molar-refractivity contribution < 1.29 is 50.3 Å². The second-order valence-electron chi connectivity index (χ2n) is 8.07. The molecule has 1 saturated heterocycles. The largest absolute Gasteiger partial charge is 0.462 e. The summed E-state index contributed by atoms with van der Waals surface area (Å²) in [6.07, 6.45) is -12.5. The highest BCUT2D eigenvalue weighted by molar-refractivity contribution is 5.90. The Morgan fingerprint density at radius 3 is 2.42 bits per heavy atom. The molecule has 0 N–H and O–H groups in total. The number of halogens is 5. The second-order valence-corrected chi connectivity index (χ2v) is 8.07. The molecular weight excluding hydrogens is 459 g/mol. The number of rotatable bonds is 6. The third-order valence-corrected chi connectivity index (χ3v) is 4.34. The molecule has 3 rings (SSSR count). The summed E-state index contributed by atoms with van der Waals surface area (Å²) in [6, 6.07) is 4.57. The number of cyclic esters (lactones) is 1. The highest BCUT2D eigenvalue weighted by atomic mass is 19.3. The van der Waals surface area contributed by atoms with Crippen molar-refractivity contribution in [2.45, 2.75) is 57.5 Å². The van der Waals surface area contributed by atoms with E-state index in [-0.39, 0.29) is 12.2 Å². The van der Waals surface area contributed by atoms with E-state index >= 15 is 0 Å². The Balaban J connectivity index is 1.89. The molecule has 1 aliphatic heterocycles. The van der Waals surface area contributed by atoms with Crippen molar-refractivity contribution in [3.63, 3.8) is 0 Å². The minimum Gasteiger partial charge on any atom is -0.443 e. The van der Waals surface area contributed by atoms with Gasteiger partial charge in [0.1, 0.15) is 17.2 Å². The average molecular weight is 478 g/mol. The summed E-state index contributed by atoms with van der Waals surface area (Å²) in [5, 5.41) is 3.16. The van der Waals surface area contributed by atoms with E-state index in [1.807, 2.05) is 0 Å². The quantitative estimate of drug-likeness (QED) is 0.534. The number of hydrogen-bond acceptors (Lipinski definition) is 7. The Morgan fingerprint density at radius 2 is 1.85 bits per heavy atom. The molecule has 2 amide bonds. The van der Waals surface area contributed by atoms with Crippen LogP contribution >= 0.6 is 0 Å². The minimum atomic E-state index is -4.81. The van der Waals surface area contributed by atoms with Crippen molar-refractivity contribution >= 4 is 12.2 Å². The van der Waals surface area contributed by atoms with Crippen LogP contribution in [0, 0.1) is 5.82 Å². The molecule has 180 valence electrons. The zero-order chi connectivity index (χ0) is 24.6. The van der Waals surface area contributed by atoms with E-state index in [9.17, 15) is 31.5 Å². The summed E-state index contributed by atoms with van der Waals surface area (Å²) < 4.78 is 83.5. The summed E-state index contributed by atoms with van der Waals surface area (Å²) in [7, 11) is 0. The lowest BCUT2D eigenvalue weighted by atomic mass is 9.98. The number of aromatic nitrogens is 1. The normalized spacial score (nSPS) is 19.1. The van der Waals surface area contributed by atoms with Crippen molar-refractivity contribution in [3.05, 3.63) is 47.5 Å². The number of amides is 2. The van der Waals surface area contributed by atoms with E-state index in [0.717, 1.165) is 18.2 Å². The van der Waals surface area contributed by atoms with Gasteiger partial charge in [0, 0.05) is 12.5 Å². The number of hydrogen-bond donors (Lipinski definition) is 0. The van der Waals surface area contributed by atoms with Crippen LogP contribution in [0.15, 0.2) is 34.9 Å². The summed E-state index contributed by atoms with van der Waals surface area (Å²) >= 11 is 0. The van der Waals surface area contributed by atoms with E-state index in [0.29, 0.717) is 10.5 Å². The highest BCUT2D eigenvalue weighted by Crippen LogP contribution is 2.36. The Morgan fingerprint density at radius 1 is 1.21 bits per heavy atom. The fraction of sp³-hybridized carbons (Fsp3) is 0.450. The van der Waals surface area contributed by atoms with Crippen LogP contribution in [0.1, 0.15) is 38.2 Å².